The number of hydrogen-bond acceptors (Lipinski definition) is 3. The van der Waals surface area contributed by atoms with Crippen LogP contribution in [0.3, 0.4) is 0 Å². The molecule has 0 bridgehead atoms. The van der Waals surface area contributed by atoms with Gasteiger partial charge in [0.05, 0.1) is 6.54 Å². The zero-order valence-electron chi connectivity index (χ0n) is 4.06. The van der Waals surface area contributed by atoms with E-state index in [-0.39, 0.29) is 5.95 Å². The molecule has 0 aromatic carbocycles. The van der Waals surface area contributed by atoms with Crippen LogP contribution in [0.5, 0.6) is 0 Å². The fourth-order valence-electron chi connectivity index (χ4n) is 0.375. The molecule has 3 heteroatoms. The van der Waals surface area contributed by atoms with Crippen molar-refractivity contribution in [1.82, 2.24) is 5.48 Å². The van der Waals surface area contributed by atoms with Gasteiger partial charge in [0.15, 0.2) is 0 Å². The van der Waals surface area contributed by atoms with Gasteiger partial charge in [0.1, 0.15) is 0 Å². The van der Waals surface area contributed by atoms with Gasteiger partial charge in [0.2, 0.25) is 0 Å². The van der Waals surface area contributed by atoms with Crippen molar-refractivity contribution < 1.29 is 9.94 Å². The highest BCUT2D eigenvalue weighted by molar-refractivity contribution is 5.03. The fraction of sp³-hybridized carbons (Fsp3) is 0.500. The van der Waals surface area contributed by atoms with Crippen LogP contribution in [-0.4, -0.2) is 11.7 Å². The van der Waals surface area contributed by atoms with Crippen molar-refractivity contribution in [2.45, 2.75) is 6.92 Å². The molecule has 1 rings (SSSR count). The third kappa shape index (κ3) is 0.667. The maximum Gasteiger partial charge on any atom is 0.297 e. The summed E-state index contributed by atoms with van der Waals surface area (Å²) in [6, 6.07) is 0. The Labute approximate surface area is 41.6 Å². The molecule has 3 nitrogen and oxygen atoms in total. The SMILES string of the molecule is CC1=C(O)ONC1. The first kappa shape index (κ1) is 4.46. The molecular formula is C4H7NO2. The molecule has 0 saturated carbocycles. The third-order valence-electron chi connectivity index (χ3n) is 0.871. The van der Waals surface area contributed by atoms with E-state index in [0.717, 1.165) is 5.57 Å². The summed E-state index contributed by atoms with van der Waals surface area (Å²) in [6.45, 7) is 2.43. The van der Waals surface area contributed by atoms with Crippen molar-refractivity contribution in [3.8, 4) is 0 Å². The number of aliphatic hydroxyl groups is 1. The lowest BCUT2D eigenvalue weighted by Crippen LogP contribution is -2.05. The van der Waals surface area contributed by atoms with E-state index in [1.807, 2.05) is 0 Å². The van der Waals surface area contributed by atoms with Gasteiger partial charge in [-0.25, -0.2) is 0 Å². The van der Waals surface area contributed by atoms with E-state index >= 15 is 0 Å². The highest BCUT2D eigenvalue weighted by Crippen LogP contribution is 2.04. The van der Waals surface area contributed by atoms with E-state index in [1.54, 1.807) is 6.92 Å². The maximum absolute atomic E-state index is 8.59. The molecule has 0 saturated heterocycles. The summed E-state index contributed by atoms with van der Waals surface area (Å²) in [7, 11) is 0. The Kier molecular flexibility index (Phi) is 0.906. The number of aliphatic hydroxyl groups excluding tert-OH is 1. The van der Waals surface area contributed by atoms with E-state index in [1.165, 1.54) is 0 Å². The summed E-state index contributed by atoms with van der Waals surface area (Å²) in [5, 5.41) is 8.59. The average Bonchev–Trinajstić information content (AvgIpc) is 1.91. The number of hydroxylamine groups is 1. The molecule has 7 heavy (non-hydrogen) atoms. The summed E-state index contributed by atoms with van der Waals surface area (Å²) in [5.74, 6) is 0.0139. The molecule has 0 aromatic heterocycles. The molecule has 0 fully saturated rings. The first-order chi connectivity index (χ1) is 3.30. The zero-order chi connectivity index (χ0) is 5.28. The van der Waals surface area contributed by atoms with Crippen LogP contribution in [-0.2, 0) is 4.84 Å². The molecule has 0 unspecified atom stereocenters. The maximum atomic E-state index is 8.59. The summed E-state index contributed by atoms with van der Waals surface area (Å²) in [6.07, 6.45) is 0. The topological polar surface area (TPSA) is 41.5 Å². The molecule has 0 aliphatic carbocycles. The van der Waals surface area contributed by atoms with Gasteiger partial charge in [-0.1, -0.05) is 0 Å². The first-order valence-corrected chi connectivity index (χ1v) is 2.09. The van der Waals surface area contributed by atoms with Crippen molar-refractivity contribution in [3.05, 3.63) is 11.5 Å². The smallest absolute Gasteiger partial charge is 0.297 e. The Morgan fingerprint density at radius 3 is 2.71 bits per heavy atom. The summed E-state index contributed by atoms with van der Waals surface area (Å²) in [5.41, 5.74) is 3.34. The normalized spacial score (nSPS) is 20.1. The third-order valence-corrected chi connectivity index (χ3v) is 0.871. The zero-order valence-corrected chi connectivity index (χ0v) is 4.06. The van der Waals surface area contributed by atoms with Gasteiger partial charge in [0.25, 0.3) is 5.95 Å². The van der Waals surface area contributed by atoms with Crippen molar-refractivity contribution in [2.75, 3.05) is 6.54 Å². The average molecular weight is 101 g/mol. The molecule has 0 amide bonds. The van der Waals surface area contributed by atoms with Gasteiger partial charge in [-0.05, 0) is 6.92 Å². The van der Waals surface area contributed by atoms with E-state index in [2.05, 4.69) is 10.3 Å². The molecule has 0 radical (unpaired) electrons. The van der Waals surface area contributed by atoms with Crippen LogP contribution in [0.1, 0.15) is 6.92 Å². The van der Waals surface area contributed by atoms with Crippen LogP contribution in [0.4, 0.5) is 0 Å². The minimum atomic E-state index is 0.0139. The molecule has 0 spiro atoms. The summed E-state index contributed by atoms with van der Waals surface area (Å²) >= 11 is 0. The molecule has 0 aromatic rings. The molecular weight excluding hydrogens is 94.0 g/mol. The molecule has 1 aliphatic heterocycles. The minimum absolute atomic E-state index is 0.0139. The minimum Gasteiger partial charge on any atom is -0.480 e. The predicted molar refractivity (Wildman–Crippen MR) is 24.4 cm³/mol. The molecule has 1 aliphatic rings. The summed E-state index contributed by atoms with van der Waals surface area (Å²) < 4.78 is 0. The highest BCUT2D eigenvalue weighted by Gasteiger charge is 2.07. The van der Waals surface area contributed by atoms with Crippen LogP contribution < -0.4 is 5.48 Å². The van der Waals surface area contributed by atoms with Crippen molar-refractivity contribution >= 4 is 0 Å². The second kappa shape index (κ2) is 1.42. The predicted octanol–water partition coefficient (Wildman–Crippen LogP) is 0.311. The summed E-state index contributed by atoms with van der Waals surface area (Å²) in [4.78, 5) is 4.45. The fourth-order valence-corrected chi connectivity index (χ4v) is 0.375. The van der Waals surface area contributed by atoms with E-state index in [4.69, 9.17) is 5.11 Å². The van der Waals surface area contributed by atoms with Crippen molar-refractivity contribution in [3.63, 3.8) is 0 Å². The molecule has 0 atom stereocenters. The van der Waals surface area contributed by atoms with Crippen LogP contribution in [0.2, 0.25) is 0 Å². The van der Waals surface area contributed by atoms with Crippen LogP contribution in [0.15, 0.2) is 11.5 Å². The second-order valence-electron chi connectivity index (χ2n) is 1.51. The quantitative estimate of drug-likeness (QED) is 0.461. The monoisotopic (exact) mass is 101 g/mol. The lowest BCUT2D eigenvalue weighted by molar-refractivity contribution is 0.0500. The van der Waals surface area contributed by atoms with Gasteiger partial charge in [0, 0.05) is 5.57 Å². The second-order valence-corrected chi connectivity index (χ2v) is 1.51. The Morgan fingerprint density at radius 1 is 1.86 bits per heavy atom. The molecule has 1 heterocycles. The van der Waals surface area contributed by atoms with Gasteiger partial charge in [-0.15, -0.1) is 5.48 Å². The van der Waals surface area contributed by atoms with Crippen molar-refractivity contribution in [2.24, 2.45) is 0 Å². The van der Waals surface area contributed by atoms with E-state index in [9.17, 15) is 0 Å². The Bertz CT molecular complexity index is 96.3. The molecule has 2 N–H and O–H groups in total. The van der Waals surface area contributed by atoms with E-state index < -0.39 is 0 Å². The first-order valence-electron chi connectivity index (χ1n) is 2.09. The Balaban J connectivity index is 2.64. The highest BCUT2D eigenvalue weighted by atomic mass is 16.7. The lowest BCUT2D eigenvalue weighted by Gasteiger charge is -1.88. The van der Waals surface area contributed by atoms with Crippen molar-refractivity contribution in [1.29, 1.82) is 0 Å². The van der Waals surface area contributed by atoms with Gasteiger partial charge >= 0.3 is 0 Å². The van der Waals surface area contributed by atoms with Crippen LogP contribution in [0, 0.1) is 0 Å². The lowest BCUT2D eigenvalue weighted by atomic mass is 10.3. The Morgan fingerprint density at radius 2 is 2.57 bits per heavy atom. The van der Waals surface area contributed by atoms with Gasteiger partial charge in [-0.3, -0.25) is 0 Å². The van der Waals surface area contributed by atoms with Gasteiger partial charge < -0.3 is 9.94 Å². The largest absolute Gasteiger partial charge is 0.480 e. The number of nitrogens with one attached hydrogen (secondary N) is 1. The van der Waals surface area contributed by atoms with E-state index in [0.29, 0.717) is 6.54 Å². The number of rotatable bonds is 0. The van der Waals surface area contributed by atoms with Gasteiger partial charge in [-0.2, -0.15) is 0 Å². The number of hydrogen-bond donors (Lipinski definition) is 2. The Hall–Kier alpha value is -0.700. The molecule has 40 valence electrons. The van der Waals surface area contributed by atoms with Crippen LogP contribution >= 0.6 is 0 Å². The van der Waals surface area contributed by atoms with Crippen LogP contribution in [0.25, 0.3) is 0 Å². The standard InChI is InChI=1S/C4H7NO2/c1-3-2-5-7-4(3)6/h5-6H,2H2,1H3.